The molecule has 0 aromatic heterocycles. The predicted octanol–water partition coefficient (Wildman–Crippen LogP) is 15.0. The Morgan fingerprint density at radius 3 is 1.53 bits per heavy atom. The SMILES string of the molecule is Cc1cc2c(-c3ccc(C(C)(C)C)cc3)ccc(C)c2[cH-]1.Cc1cccc(-c2cc3c(-c4ccc(C(C)(C)C)cc4)cccc3[cH-]2)c1.Cl.Cl.[CH3-].[CH3-].[Si]=[Zr]. The molecule has 4 heteroatoms. The van der Waals surface area contributed by atoms with E-state index in [-0.39, 0.29) is 50.5 Å². The van der Waals surface area contributed by atoms with Crippen LogP contribution in [0.4, 0.5) is 0 Å². The minimum absolute atomic E-state index is 0. The van der Waals surface area contributed by atoms with Crippen molar-refractivity contribution in [3.63, 3.8) is 0 Å². The van der Waals surface area contributed by atoms with E-state index in [1.165, 1.54) is 106 Å². The number of halogens is 2. The fraction of sp³-hybridized carbons (Fsp3) is 0.224. The predicted molar refractivity (Wildman–Crippen MR) is 240 cm³/mol. The molecular formula is C49H56Cl2SiZr-4. The van der Waals surface area contributed by atoms with Gasteiger partial charge in [-0.25, -0.2) is 0 Å². The fourth-order valence-corrected chi connectivity index (χ4v) is 6.62. The van der Waals surface area contributed by atoms with Gasteiger partial charge in [-0.05, 0) is 40.0 Å². The van der Waals surface area contributed by atoms with E-state index < -0.39 is 0 Å². The van der Waals surface area contributed by atoms with Crippen molar-refractivity contribution in [2.75, 3.05) is 0 Å². The molecule has 0 aliphatic carbocycles. The second-order valence-electron chi connectivity index (χ2n) is 15.4. The Labute approximate surface area is 350 Å². The summed E-state index contributed by atoms with van der Waals surface area (Å²) >= 11 is 1.36. The van der Waals surface area contributed by atoms with E-state index in [1.807, 2.05) is 0 Å². The van der Waals surface area contributed by atoms with E-state index in [9.17, 15) is 0 Å². The van der Waals surface area contributed by atoms with Crippen LogP contribution < -0.4 is 0 Å². The zero-order chi connectivity index (χ0) is 35.5. The molecule has 7 rings (SSSR count). The number of hydrogen-bond donors (Lipinski definition) is 0. The monoisotopic (exact) mass is 832 g/mol. The summed E-state index contributed by atoms with van der Waals surface area (Å²) in [5, 5.41) is 5.38. The summed E-state index contributed by atoms with van der Waals surface area (Å²) in [4.78, 5) is 0. The summed E-state index contributed by atoms with van der Waals surface area (Å²) in [7, 11) is 0. The Morgan fingerprint density at radius 2 is 1.02 bits per heavy atom. The summed E-state index contributed by atoms with van der Waals surface area (Å²) in [6.45, 7) is 23.1. The Kier molecular flexibility index (Phi) is 18.2. The van der Waals surface area contributed by atoms with Crippen molar-refractivity contribution in [2.45, 2.75) is 73.1 Å². The van der Waals surface area contributed by atoms with Crippen LogP contribution in [0.3, 0.4) is 0 Å². The molecule has 0 saturated carbocycles. The van der Waals surface area contributed by atoms with Crippen LogP contribution in [0.15, 0.2) is 127 Å². The average Bonchev–Trinajstić information content (AvgIpc) is 3.70. The van der Waals surface area contributed by atoms with Crippen LogP contribution in [-0.2, 0) is 34.2 Å². The molecule has 0 atom stereocenters. The van der Waals surface area contributed by atoms with Crippen molar-refractivity contribution in [3.8, 4) is 33.4 Å². The molecule has 0 heterocycles. The number of fused-ring (bicyclic) bond motifs is 2. The van der Waals surface area contributed by atoms with Crippen molar-refractivity contribution in [3.05, 3.63) is 170 Å². The van der Waals surface area contributed by atoms with Crippen LogP contribution in [0.5, 0.6) is 0 Å². The van der Waals surface area contributed by atoms with Crippen LogP contribution >= 0.6 is 24.8 Å². The number of aryl methyl sites for hydroxylation is 3. The van der Waals surface area contributed by atoms with Crippen molar-refractivity contribution < 1.29 is 23.3 Å². The Hall–Kier alpha value is -3.00. The number of benzene rings is 5. The molecule has 7 aromatic carbocycles. The molecule has 0 saturated heterocycles. The average molecular weight is 835 g/mol. The normalized spacial score (nSPS) is 10.6. The third-order valence-corrected chi connectivity index (χ3v) is 9.48. The minimum atomic E-state index is 0. The van der Waals surface area contributed by atoms with Gasteiger partial charge in [-0.3, -0.25) is 0 Å². The summed E-state index contributed by atoms with van der Waals surface area (Å²) in [5.41, 5.74) is 14.9. The summed E-state index contributed by atoms with van der Waals surface area (Å²) in [5.74, 6) is 0. The van der Waals surface area contributed by atoms with Gasteiger partial charge in [0.1, 0.15) is 0 Å². The number of rotatable bonds is 3. The fourth-order valence-electron chi connectivity index (χ4n) is 6.62. The Balaban J connectivity index is 0.000000480. The van der Waals surface area contributed by atoms with Gasteiger partial charge in [0, 0.05) is 0 Å². The van der Waals surface area contributed by atoms with E-state index in [0.717, 1.165) is 0 Å². The second-order valence-corrected chi connectivity index (χ2v) is 15.4. The Morgan fingerprint density at radius 1 is 0.509 bits per heavy atom. The topological polar surface area (TPSA) is 0 Å². The van der Waals surface area contributed by atoms with E-state index in [2.05, 4.69) is 197 Å². The molecule has 2 radical (unpaired) electrons. The molecule has 0 bridgehead atoms. The zero-order valence-electron chi connectivity index (χ0n) is 33.4. The molecule has 0 amide bonds. The van der Waals surface area contributed by atoms with Gasteiger partial charge >= 0.3 is 30.2 Å². The van der Waals surface area contributed by atoms with Crippen molar-refractivity contribution >= 4 is 53.2 Å². The first-order chi connectivity index (χ1) is 23.3. The molecule has 0 unspecified atom stereocenters. The maximum absolute atomic E-state index is 3.06. The van der Waals surface area contributed by atoms with E-state index in [1.54, 1.807) is 0 Å². The first-order valence-electron chi connectivity index (χ1n) is 17.2. The standard InChI is InChI=1S/C26H25.C21H23.2CH3.2ClH.Si.Zr/c1-18-7-5-8-20(15-18)22-16-21-9-6-10-24(25(21)17-22)19-11-13-23(14-12-19)26(2,3)4;1-14-12-19-15(2)6-11-18(20(19)13-14)16-7-9-17(10-8-16)21(3,4)5;;;;;;/h5-17H,1-4H3;6-13H,1-5H3;2*1H3;2*1H;;/q4*-1;;;;. The van der Waals surface area contributed by atoms with Crippen LogP contribution in [0.1, 0.15) is 69.4 Å². The van der Waals surface area contributed by atoms with Gasteiger partial charge in [0.15, 0.2) is 0 Å². The molecule has 0 aliphatic rings. The molecule has 0 fully saturated rings. The molecule has 278 valence electrons. The first-order valence-corrected chi connectivity index (χ1v) is 21.4. The van der Waals surface area contributed by atoms with Gasteiger partial charge in [-0.1, -0.05) is 169 Å². The molecule has 53 heavy (non-hydrogen) atoms. The molecular weight excluding hydrogens is 779 g/mol. The van der Waals surface area contributed by atoms with Gasteiger partial charge in [-0.15, -0.1) is 93.4 Å². The van der Waals surface area contributed by atoms with Crippen LogP contribution in [0.2, 0.25) is 0 Å². The summed E-state index contributed by atoms with van der Waals surface area (Å²) in [6, 6.07) is 47.1. The van der Waals surface area contributed by atoms with Crippen molar-refractivity contribution in [1.29, 1.82) is 0 Å². The van der Waals surface area contributed by atoms with Gasteiger partial charge < -0.3 is 14.9 Å². The third-order valence-electron chi connectivity index (χ3n) is 9.48. The summed E-state index contributed by atoms with van der Waals surface area (Å²) < 4.78 is 0. The number of hydrogen-bond acceptors (Lipinski definition) is 0. The maximum atomic E-state index is 3.06. The Bertz CT molecular complexity index is 2190. The molecule has 7 aromatic rings. The van der Waals surface area contributed by atoms with Gasteiger partial charge in [-0.2, -0.15) is 6.07 Å². The first kappa shape index (κ1) is 48.0. The molecule has 0 nitrogen and oxygen atoms in total. The summed E-state index contributed by atoms with van der Waals surface area (Å²) in [6.07, 6.45) is 0. The molecule has 0 N–H and O–H groups in total. The van der Waals surface area contributed by atoms with Crippen LogP contribution in [0.25, 0.3) is 54.9 Å². The zero-order valence-corrected chi connectivity index (χ0v) is 38.5. The van der Waals surface area contributed by atoms with E-state index in [0.29, 0.717) is 0 Å². The van der Waals surface area contributed by atoms with E-state index in [4.69, 9.17) is 0 Å². The van der Waals surface area contributed by atoms with Gasteiger partial charge in [0.2, 0.25) is 0 Å². The van der Waals surface area contributed by atoms with Crippen molar-refractivity contribution in [2.24, 2.45) is 0 Å². The van der Waals surface area contributed by atoms with Gasteiger partial charge in [0.05, 0.1) is 0 Å². The second kappa shape index (κ2) is 20.1. The van der Waals surface area contributed by atoms with Crippen molar-refractivity contribution in [1.82, 2.24) is 0 Å². The van der Waals surface area contributed by atoms with Crippen LogP contribution in [-0.4, -0.2) is 6.88 Å². The quantitative estimate of drug-likeness (QED) is 0.123. The van der Waals surface area contributed by atoms with Gasteiger partial charge in [0.25, 0.3) is 0 Å². The van der Waals surface area contributed by atoms with Crippen LogP contribution in [0, 0.1) is 35.6 Å². The molecule has 0 aliphatic heterocycles. The third kappa shape index (κ3) is 11.3. The van der Waals surface area contributed by atoms with E-state index >= 15 is 0 Å². The molecule has 0 spiro atoms.